The number of furan rings is 1. The number of amides is 1. The molecule has 8 heteroatoms. The first-order valence-electron chi connectivity index (χ1n) is 9.53. The molecule has 0 saturated carbocycles. The number of anilines is 1. The lowest BCUT2D eigenvalue weighted by Gasteiger charge is -2.09. The van der Waals surface area contributed by atoms with Gasteiger partial charge in [0.2, 0.25) is 0 Å². The Kier molecular flexibility index (Phi) is 6.15. The van der Waals surface area contributed by atoms with Crippen LogP contribution in [0.15, 0.2) is 40.3 Å². The second-order valence-electron chi connectivity index (χ2n) is 6.98. The van der Waals surface area contributed by atoms with E-state index in [0.29, 0.717) is 37.7 Å². The molecule has 1 aromatic carbocycles. The van der Waals surface area contributed by atoms with Crippen molar-refractivity contribution in [2.45, 2.75) is 25.7 Å². The van der Waals surface area contributed by atoms with Crippen LogP contribution in [-0.2, 0) is 17.6 Å². The number of benzene rings is 1. The average Bonchev–Trinajstić information content (AvgIpc) is 3.37. The van der Waals surface area contributed by atoms with Gasteiger partial charge in [0, 0.05) is 21.5 Å². The third-order valence-electron chi connectivity index (χ3n) is 4.98. The molecular formula is C23H15Cl2N3O2S. The minimum Gasteiger partial charge on any atom is -0.457 e. The molecule has 0 saturated heterocycles. The maximum Gasteiger partial charge on any atom is 0.267 e. The lowest BCUT2D eigenvalue weighted by atomic mass is 9.96. The number of carbonyl (C=O) groups is 1. The maximum atomic E-state index is 12.7. The molecule has 0 atom stereocenters. The summed E-state index contributed by atoms with van der Waals surface area (Å²) in [4.78, 5) is 13.9. The van der Waals surface area contributed by atoms with Crippen molar-refractivity contribution < 1.29 is 9.21 Å². The van der Waals surface area contributed by atoms with Crippen molar-refractivity contribution in [3.63, 3.8) is 0 Å². The molecule has 1 aliphatic carbocycles. The van der Waals surface area contributed by atoms with Gasteiger partial charge in [-0.3, -0.25) is 4.79 Å². The van der Waals surface area contributed by atoms with Gasteiger partial charge in [-0.05, 0) is 61.6 Å². The van der Waals surface area contributed by atoms with E-state index in [-0.39, 0.29) is 5.57 Å². The van der Waals surface area contributed by atoms with E-state index in [1.165, 1.54) is 17.4 Å². The third-order valence-corrected chi connectivity index (χ3v) is 6.75. The molecule has 2 aromatic heterocycles. The highest BCUT2D eigenvalue weighted by Crippen LogP contribution is 2.38. The van der Waals surface area contributed by atoms with Crippen molar-refractivity contribution >= 4 is 51.5 Å². The molecule has 0 aliphatic heterocycles. The fourth-order valence-corrected chi connectivity index (χ4v) is 5.11. The summed E-state index contributed by atoms with van der Waals surface area (Å²) in [5.41, 5.74) is 2.00. The summed E-state index contributed by atoms with van der Waals surface area (Å²) in [5.74, 6) is 0.203. The number of nitriles is 2. The highest BCUT2D eigenvalue weighted by Gasteiger charge is 2.23. The van der Waals surface area contributed by atoms with Crippen LogP contribution in [-0.4, -0.2) is 5.91 Å². The van der Waals surface area contributed by atoms with E-state index in [1.54, 1.807) is 30.3 Å². The second-order valence-corrected chi connectivity index (χ2v) is 8.93. The van der Waals surface area contributed by atoms with Gasteiger partial charge in [-0.1, -0.05) is 23.2 Å². The van der Waals surface area contributed by atoms with Gasteiger partial charge in [0.15, 0.2) is 0 Å². The Hall–Kier alpha value is -3.03. The third kappa shape index (κ3) is 4.38. The molecule has 1 amide bonds. The van der Waals surface area contributed by atoms with Crippen LogP contribution < -0.4 is 5.32 Å². The highest BCUT2D eigenvalue weighted by atomic mass is 35.5. The number of nitrogens with zero attached hydrogens (tertiary/aromatic N) is 2. The first-order chi connectivity index (χ1) is 15.0. The van der Waals surface area contributed by atoms with E-state index in [9.17, 15) is 15.3 Å². The summed E-state index contributed by atoms with van der Waals surface area (Å²) in [5, 5.41) is 23.3. The zero-order valence-electron chi connectivity index (χ0n) is 16.2. The molecule has 0 spiro atoms. The largest absolute Gasteiger partial charge is 0.457 e. The van der Waals surface area contributed by atoms with Crippen LogP contribution in [0.4, 0.5) is 5.00 Å². The molecule has 0 fully saturated rings. The number of hydrogen-bond donors (Lipinski definition) is 1. The maximum absolute atomic E-state index is 12.7. The Morgan fingerprint density at radius 3 is 2.74 bits per heavy atom. The van der Waals surface area contributed by atoms with Crippen molar-refractivity contribution in [1.82, 2.24) is 0 Å². The first kappa shape index (κ1) is 21.2. The van der Waals surface area contributed by atoms with Crippen LogP contribution in [0.5, 0.6) is 0 Å². The zero-order chi connectivity index (χ0) is 22.0. The smallest absolute Gasteiger partial charge is 0.267 e. The van der Waals surface area contributed by atoms with Gasteiger partial charge in [0.05, 0.1) is 10.6 Å². The minimum absolute atomic E-state index is 0.131. The van der Waals surface area contributed by atoms with Crippen LogP contribution in [0, 0.1) is 22.7 Å². The Morgan fingerprint density at radius 2 is 1.97 bits per heavy atom. The van der Waals surface area contributed by atoms with Crippen LogP contribution in [0.25, 0.3) is 17.4 Å². The second kappa shape index (κ2) is 8.99. The van der Waals surface area contributed by atoms with Gasteiger partial charge in [-0.25, -0.2) is 0 Å². The average molecular weight is 468 g/mol. The summed E-state index contributed by atoms with van der Waals surface area (Å²) < 4.78 is 5.75. The standard InChI is InChI=1S/C23H15Cl2N3O2S/c24-14-5-7-19(25)17(10-14)20-8-6-15(30-20)9-13(11-26)22(29)28-23-18(12-27)16-3-1-2-4-21(16)31-23/h5-10H,1-4H2,(H,28,29)/b13-9+. The summed E-state index contributed by atoms with van der Waals surface area (Å²) in [6.45, 7) is 0. The topological polar surface area (TPSA) is 89.8 Å². The number of thiophene rings is 1. The fraction of sp³-hybridized carbons (Fsp3) is 0.174. The lowest BCUT2D eigenvalue weighted by Crippen LogP contribution is -2.13. The summed E-state index contributed by atoms with van der Waals surface area (Å²) in [6, 6.07) is 12.4. The molecule has 5 nitrogen and oxygen atoms in total. The van der Waals surface area contributed by atoms with Gasteiger partial charge < -0.3 is 9.73 Å². The Morgan fingerprint density at radius 1 is 1.16 bits per heavy atom. The van der Waals surface area contributed by atoms with Crippen molar-refractivity contribution in [3.05, 3.63) is 67.7 Å². The van der Waals surface area contributed by atoms with Gasteiger partial charge in [0.1, 0.15) is 34.2 Å². The molecule has 0 radical (unpaired) electrons. The Balaban J connectivity index is 1.59. The molecule has 0 unspecified atom stereocenters. The van der Waals surface area contributed by atoms with Gasteiger partial charge in [-0.15, -0.1) is 11.3 Å². The molecule has 3 aromatic rings. The van der Waals surface area contributed by atoms with E-state index < -0.39 is 5.91 Å². The first-order valence-corrected chi connectivity index (χ1v) is 11.1. The number of carbonyl (C=O) groups excluding carboxylic acids is 1. The van der Waals surface area contributed by atoms with Crippen LogP contribution in [0.1, 0.15) is 34.6 Å². The molecule has 2 heterocycles. The number of halogens is 2. The van der Waals surface area contributed by atoms with Crippen molar-refractivity contribution in [2.24, 2.45) is 0 Å². The lowest BCUT2D eigenvalue weighted by molar-refractivity contribution is -0.112. The minimum atomic E-state index is -0.587. The van der Waals surface area contributed by atoms with Crippen LogP contribution in [0.2, 0.25) is 10.0 Å². The number of aryl methyl sites for hydroxylation is 1. The van der Waals surface area contributed by atoms with Crippen molar-refractivity contribution in [2.75, 3.05) is 5.32 Å². The van der Waals surface area contributed by atoms with E-state index in [4.69, 9.17) is 27.6 Å². The molecule has 1 N–H and O–H groups in total. The van der Waals surface area contributed by atoms with Crippen molar-refractivity contribution in [3.8, 4) is 23.5 Å². The molecular weight excluding hydrogens is 453 g/mol. The highest BCUT2D eigenvalue weighted by molar-refractivity contribution is 7.16. The predicted molar refractivity (Wildman–Crippen MR) is 122 cm³/mol. The van der Waals surface area contributed by atoms with E-state index in [2.05, 4.69) is 11.4 Å². The number of nitrogens with one attached hydrogen (secondary N) is 1. The predicted octanol–water partition coefficient (Wildman–Crippen LogP) is 6.61. The quantitative estimate of drug-likeness (QED) is 0.345. The number of hydrogen-bond acceptors (Lipinski definition) is 5. The normalized spacial score (nSPS) is 13.2. The van der Waals surface area contributed by atoms with Gasteiger partial charge >= 0.3 is 0 Å². The van der Waals surface area contributed by atoms with Gasteiger partial charge in [-0.2, -0.15) is 10.5 Å². The number of rotatable bonds is 4. The monoisotopic (exact) mass is 467 g/mol. The van der Waals surface area contributed by atoms with E-state index >= 15 is 0 Å². The fourth-order valence-electron chi connectivity index (χ4n) is 3.50. The molecule has 154 valence electrons. The number of fused-ring (bicyclic) bond motifs is 1. The molecule has 1 aliphatic rings. The molecule has 0 bridgehead atoms. The van der Waals surface area contributed by atoms with Gasteiger partial charge in [0.25, 0.3) is 5.91 Å². The summed E-state index contributed by atoms with van der Waals surface area (Å²) >= 11 is 13.7. The van der Waals surface area contributed by atoms with E-state index in [0.717, 1.165) is 36.1 Å². The molecule has 4 rings (SSSR count). The van der Waals surface area contributed by atoms with E-state index in [1.807, 2.05) is 6.07 Å². The Labute approximate surface area is 193 Å². The Bertz CT molecular complexity index is 1290. The summed E-state index contributed by atoms with van der Waals surface area (Å²) in [6.07, 6.45) is 5.22. The van der Waals surface area contributed by atoms with Crippen molar-refractivity contribution in [1.29, 1.82) is 10.5 Å². The van der Waals surface area contributed by atoms with Crippen LogP contribution >= 0.6 is 34.5 Å². The molecule has 31 heavy (non-hydrogen) atoms. The SMILES string of the molecule is N#C/C(=C\c1ccc(-c2cc(Cl)ccc2Cl)o1)C(=O)Nc1sc2c(c1C#N)CCCC2. The summed E-state index contributed by atoms with van der Waals surface area (Å²) in [7, 11) is 0. The van der Waals surface area contributed by atoms with Crippen LogP contribution in [0.3, 0.4) is 0 Å². The zero-order valence-corrected chi connectivity index (χ0v) is 18.5.